The van der Waals surface area contributed by atoms with Crippen LogP contribution in [0.5, 0.6) is 5.75 Å². The van der Waals surface area contributed by atoms with Gasteiger partial charge in [0.1, 0.15) is 5.75 Å². The second kappa shape index (κ2) is 5.53. The van der Waals surface area contributed by atoms with Crippen molar-refractivity contribution in [2.45, 2.75) is 19.3 Å². The number of benzene rings is 1. The Morgan fingerprint density at radius 2 is 2.19 bits per heavy atom. The highest BCUT2D eigenvalue weighted by molar-refractivity contribution is 6.30. The molecule has 2 rings (SSSR count). The van der Waals surface area contributed by atoms with E-state index in [1.54, 1.807) is 0 Å². The fourth-order valence-corrected chi connectivity index (χ4v) is 1.74. The van der Waals surface area contributed by atoms with E-state index in [-0.39, 0.29) is 0 Å². The Bertz CT molecular complexity index is 353. The molecule has 4 heteroatoms. The molecule has 0 radical (unpaired) electrons. The van der Waals surface area contributed by atoms with E-state index >= 15 is 0 Å². The Kier molecular flexibility index (Phi) is 4.04. The first-order valence-corrected chi connectivity index (χ1v) is 5.90. The Morgan fingerprint density at radius 1 is 1.38 bits per heavy atom. The van der Waals surface area contributed by atoms with Crippen LogP contribution in [-0.4, -0.2) is 13.2 Å². The lowest BCUT2D eigenvalue weighted by molar-refractivity contribution is 0.140. The second-order valence-electron chi connectivity index (χ2n) is 4.13. The summed E-state index contributed by atoms with van der Waals surface area (Å²) in [6.45, 7) is 1.28. The van der Waals surface area contributed by atoms with Crippen molar-refractivity contribution in [3.8, 4) is 5.75 Å². The van der Waals surface area contributed by atoms with Gasteiger partial charge in [0.05, 0.1) is 13.2 Å². The minimum Gasteiger partial charge on any atom is -0.493 e. The Labute approximate surface area is 100 Å². The predicted molar refractivity (Wildman–Crippen MR) is 63.5 cm³/mol. The van der Waals surface area contributed by atoms with Gasteiger partial charge in [-0.05, 0) is 42.5 Å². The number of hydrogen-bond donors (Lipinski definition) is 1. The SMILES string of the molecule is NOCCc1cc(Cl)ccc1OCC1CC1. The van der Waals surface area contributed by atoms with Crippen LogP contribution in [0, 0.1) is 5.92 Å². The van der Waals surface area contributed by atoms with Crippen LogP contribution in [0.3, 0.4) is 0 Å². The van der Waals surface area contributed by atoms with Crippen LogP contribution in [0.4, 0.5) is 0 Å². The maximum atomic E-state index is 5.94. The third-order valence-corrected chi connectivity index (χ3v) is 2.92. The highest BCUT2D eigenvalue weighted by Crippen LogP contribution is 2.31. The second-order valence-corrected chi connectivity index (χ2v) is 4.56. The van der Waals surface area contributed by atoms with E-state index in [4.69, 9.17) is 22.2 Å². The Hall–Kier alpha value is -0.770. The number of ether oxygens (including phenoxy) is 1. The summed E-state index contributed by atoms with van der Waals surface area (Å²) >= 11 is 5.94. The summed E-state index contributed by atoms with van der Waals surface area (Å²) in [5.74, 6) is 6.66. The van der Waals surface area contributed by atoms with E-state index in [0.717, 1.165) is 30.3 Å². The van der Waals surface area contributed by atoms with E-state index in [0.29, 0.717) is 11.6 Å². The lowest BCUT2D eigenvalue weighted by Gasteiger charge is -2.11. The average molecular weight is 242 g/mol. The average Bonchev–Trinajstić information content (AvgIpc) is 3.09. The first-order chi connectivity index (χ1) is 7.79. The summed E-state index contributed by atoms with van der Waals surface area (Å²) in [4.78, 5) is 4.58. The molecule has 1 aliphatic rings. The van der Waals surface area contributed by atoms with Gasteiger partial charge in [0.15, 0.2) is 0 Å². The zero-order chi connectivity index (χ0) is 11.4. The smallest absolute Gasteiger partial charge is 0.122 e. The van der Waals surface area contributed by atoms with E-state index in [2.05, 4.69) is 4.84 Å². The van der Waals surface area contributed by atoms with E-state index < -0.39 is 0 Å². The molecule has 16 heavy (non-hydrogen) atoms. The largest absolute Gasteiger partial charge is 0.493 e. The molecule has 1 aliphatic carbocycles. The molecular formula is C12H16ClNO2. The molecular weight excluding hydrogens is 226 g/mol. The van der Waals surface area contributed by atoms with Crippen LogP contribution in [0.25, 0.3) is 0 Å². The normalized spacial score (nSPS) is 15.1. The van der Waals surface area contributed by atoms with Gasteiger partial charge in [-0.15, -0.1) is 0 Å². The number of nitrogens with two attached hydrogens (primary N) is 1. The number of rotatable bonds is 6. The summed E-state index contributed by atoms with van der Waals surface area (Å²) < 4.78 is 5.76. The molecule has 0 aromatic heterocycles. The lowest BCUT2D eigenvalue weighted by Crippen LogP contribution is -2.06. The fraction of sp³-hybridized carbons (Fsp3) is 0.500. The van der Waals surface area contributed by atoms with Gasteiger partial charge in [0, 0.05) is 11.4 Å². The molecule has 0 unspecified atom stereocenters. The fourth-order valence-electron chi connectivity index (χ4n) is 1.55. The van der Waals surface area contributed by atoms with Gasteiger partial charge >= 0.3 is 0 Å². The topological polar surface area (TPSA) is 44.5 Å². The maximum Gasteiger partial charge on any atom is 0.122 e. The van der Waals surface area contributed by atoms with Crippen LogP contribution >= 0.6 is 11.6 Å². The van der Waals surface area contributed by atoms with Crippen molar-refractivity contribution in [2.75, 3.05) is 13.2 Å². The molecule has 0 saturated heterocycles. The van der Waals surface area contributed by atoms with Crippen LogP contribution in [-0.2, 0) is 11.3 Å². The van der Waals surface area contributed by atoms with Gasteiger partial charge in [-0.2, -0.15) is 0 Å². The van der Waals surface area contributed by atoms with Crippen LogP contribution in [0.1, 0.15) is 18.4 Å². The summed E-state index contributed by atoms with van der Waals surface area (Å²) in [6, 6.07) is 5.66. The summed E-state index contributed by atoms with van der Waals surface area (Å²) in [7, 11) is 0. The van der Waals surface area contributed by atoms with Crippen molar-refractivity contribution in [2.24, 2.45) is 11.8 Å². The summed E-state index contributed by atoms with van der Waals surface area (Å²) in [6.07, 6.45) is 3.29. The van der Waals surface area contributed by atoms with Crippen molar-refractivity contribution < 1.29 is 9.57 Å². The highest BCUT2D eigenvalue weighted by Gasteiger charge is 2.22. The summed E-state index contributed by atoms with van der Waals surface area (Å²) in [5.41, 5.74) is 1.05. The molecule has 1 fully saturated rings. The Morgan fingerprint density at radius 3 is 2.88 bits per heavy atom. The molecule has 2 N–H and O–H groups in total. The van der Waals surface area contributed by atoms with E-state index in [9.17, 15) is 0 Å². The van der Waals surface area contributed by atoms with E-state index in [1.165, 1.54) is 12.8 Å². The number of hydrogen-bond acceptors (Lipinski definition) is 3. The molecule has 1 aromatic carbocycles. The minimum absolute atomic E-state index is 0.472. The van der Waals surface area contributed by atoms with Crippen molar-refractivity contribution in [1.29, 1.82) is 0 Å². The quantitative estimate of drug-likeness (QED) is 0.779. The lowest BCUT2D eigenvalue weighted by atomic mass is 10.1. The monoisotopic (exact) mass is 241 g/mol. The third-order valence-electron chi connectivity index (χ3n) is 2.68. The predicted octanol–water partition coefficient (Wildman–Crippen LogP) is 2.56. The van der Waals surface area contributed by atoms with Crippen molar-refractivity contribution in [3.05, 3.63) is 28.8 Å². The molecule has 0 atom stereocenters. The molecule has 1 aromatic rings. The molecule has 0 spiro atoms. The standard InChI is InChI=1S/C12H16ClNO2/c13-11-3-4-12(15-8-9-1-2-9)10(7-11)5-6-16-14/h3-4,7,9H,1-2,5-6,8,14H2. The van der Waals surface area contributed by atoms with Gasteiger partial charge in [-0.3, -0.25) is 0 Å². The first kappa shape index (κ1) is 11.7. The molecule has 0 bridgehead atoms. The molecule has 0 aliphatic heterocycles. The van der Waals surface area contributed by atoms with Gasteiger partial charge in [0.2, 0.25) is 0 Å². The van der Waals surface area contributed by atoms with Gasteiger partial charge < -0.3 is 9.57 Å². The Balaban J connectivity index is 2.00. The molecule has 0 heterocycles. The highest BCUT2D eigenvalue weighted by atomic mass is 35.5. The van der Waals surface area contributed by atoms with E-state index in [1.807, 2.05) is 18.2 Å². The third kappa shape index (κ3) is 3.37. The van der Waals surface area contributed by atoms with Gasteiger partial charge in [0.25, 0.3) is 0 Å². The molecule has 1 saturated carbocycles. The molecule has 88 valence electrons. The van der Waals surface area contributed by atoms with Crippen molar-refractivity contribution >= 4 is 11.6 Å². The van der Waals surface area contributed by atoms with Crippen molar-refractivity contribution in [1.82, 2.24) is 0 Å². The van der Waals surface area contributed by atoms with Crippen LogP contribution < -0.4 is 10.6 Å². The minimum atomic E-state index is 0.472. The van der Waals surface area contributed by atoms with Crippen LogP contribution in [0.2, 0.25) is 5.02 Å². The van der Waals surface area contributed by atoms with Crippen LogP contribution in [0.15, 0.2) is 18.2 Å². The number of halogens is 1. The molecule has 3 nitrogen and oxygen atoms in total. The van der Waals surface area contributed by atoms with Crippen molar-refractivity contribution in [3.63, 3.8) is 0 Å². The zero-order valence-corrected chi connectivity index (χ0v) is 9.87. The zero-order valence-electron chi connectivity index (χ0n) is 9.12. The molecule has 0 amide bonds. The van der Waals surface area contributed by atoms with Gasteiger partial charge in [-0.25, -0.2) is 5.90 Å². The van der Waals surface area contributed by atoms with Gasteiger partial charge in [-0.1, -0.05) is 11.6 Å². The maximum absolute atomic E-state index is 5.94. The first-order valence-electron chi connectivity index (χ1n) is 5.52. The summed E-state index contributed by atoms with van der Waals surface area (Å²) in [5, 5.41) is 0.714.